The second-order valence-corrected chi connectivity index (χ2v) is 6.75. The lowest BCUT2D eigenvalue weighted by Crippen LogP contribution is -2.50. The SMILES string of the molecule is O=C(CN1C(=O)c2cccc(Cl)c2C1=O)N1CCC2(CC1)OCCO2. The number of fused-ring (bicyclic) bond motifs is 1. The molecule has 25 heavy (non-hydrogen) atoms. The molecule has 1 spiro atoms. The van der Waals surface area contributed by atoms with Crippen LogP contribution in [0.25, 0.3) is 0 Å². The second kappa shape index (κ2) is 6.09. The van der Waals surface area contributed by atoms with E-state index in [1.165, 1.54) is 0 Å². The van der Waals surface area contributed by atoms with Crippen molar-refractivity contribution in [2.45, 2.75) is 18.6 Å². The molecule has 3 heterocycles. The summed E-state index contributed by atoms with van der Waals surface area (Å²) < 4.78 is 11.3. The zero-order valence-electron chi connectivity index (χ0n) is 13.5. The molecule has 0 aliphatic carbocycles. The molecule has 0 N–H and O–H groups in total. The zero-order valence-corrected chi connectivity index (χ0v) is 14.3. The van der Waals surface area contributed by atoms with Gasteiger partial charge in [0.1, 0.15) is 6.54 Å². The van der Waals surface area contributed by atoms with Crippen molar-refractivity contribution < 1.29 is 23.9 Å². The molecule has 0 radical (unpaired) electrons. The van der Waals surface area contributed by atoms with Gasteiger partial charge in [0.2, 0.25) is 5.91 Å². The van der Waals surface area contributed by atoms with Gasteiger partial charge in [-0.3, -0.25) is 19.3 Å². The minimum Gasteiger partial charge on any atom is -0.347 e. The van der Waals surface area contributed by atoms with E-state index in [1.54, 1.807) is 23.1 Å². The van der Waals surface area contributed by atoms with E-state index in [1.807, 2.05) is 0 Å². The summed E-state index contributed by atoms with van der Waals surface area (Å²) in [5.74, 6) is -1.83. The van der Waals surface area contributed by atoms with Gasteiger partial charge in [0.15, 0.2) is 5.79 Å². The van der Waals surface area contributed by atoms with Crippen molar-refractivity contribution in [2.75, 3.05) is 32.8 Å². The first-order valence-electron chi connectivity index (χ1n) is 8.21. The van der Waals surface area contributed by atoms with Gasteiger partial charge < -0.3 is 14.4 Å². The van der Waals surface area contributed by atoms with Crippen LogP contribution in [0.1, 0.15) is 33.6 Å². The fourth-order valence-corrected chi connectivity index (χ4v) is 3.81. The number of piperidine rings is 1. The van der Waals surface area contributed by atoms with Crippen LogP contribution in [0.5, 0.6) is 0 Å². The highest BCUT2D eigenvalue weighted by Crippen LogP contribution is 2.32. The molecule has 1 aromatic rings. The van der Waals surface area contributed by atoms with E-state index in [4.69, 9.17) is 21.1 Å². The molecule has 132 valence electrons. The summed E-state index contributed by atoms with van der Waals surface area (Å²) in [6.45, 7) is 1.82. The molecule has 4 rings (SSSR count). The van der Waals surface area contributed by atoms with E-state index in [-0.39, 0.29) is 28.6 Å². The fraction of sp³-hybridized carbons (Fsp3) is 0.471. The number of imide groups is 1. The molecule has 3 amide bonds. The van der Waals surface area contributed by atoms with Gasteiger partial charge in [0.05, 0.1) is 29.4 Å². The summed E-state index contributed by atoms with van der Waals surface area (Å²) in [7, 11) is 0. The highest BCUT2D eigenvalue weighted by atomic mass is 35.5. The maximum Gasteiger partial charge on any atom is 0.263 e. The van der Waals surface area contributed by atoms with Crippen molar-refractivity contribution in [1.82, 2.24) is 9.80 Å². The van der Waals surface area contributed by atoms with Crippen LogP contribution in [0.2, 0.25) is 5.02 Å². The molecule has 0 aromatic heterocycles. The van der Waals surface area contributed by atoms with Gasteiger partial charge >= 0.3 is 0 Å². The Bertz CT molecular complexity index is 749. The highest BCUT2D eigenvalue weighted by Gasteiger charge is 2.42. The number of hydrogen-bond acceptors (Lipinski definition) is 5. The maximum atomic E-state index is 12.5. The predicted molar refractivity (Wildman–Crippen MR) is 87.3 cm³/mol. The molecule has 2 saturated heterocycles. The molecule has 0 bridgehead atoms. The highest BCUT2D eigenvalue weighted by molar-refractivity contribution is 6.37. The van der Waals surface area contributed by atoms with Crippen molar-refractivity contribution >= 4 is 29.3 Å². The van der Waals surface area contributed by atoms with E-state index in [0.29, 0.717) is 39.1 Å². The van der Waals surface area contributed by atoms with Gasteiger partial charge in [-0.2, -0.15) is 0 Å². The Labute approximate surface area is 149 Å². The molecule has 0 unspecified atom stereocenters. The minimum absolute atomic E-state index is 0.173. The Morgan fingerprint density at radius 3 is 2.44 bits per heavy atom. The molecule has 0 atom stereocenters. The van der Waals surface area contributed by atoms with Crippen molar-refractivity contribution in [1.29, 1.82) is 0 Å². The van der Waals surface area contributed by atoms with Crippen molar-refractivity contribution in [3.63, 3.8) is 0 Å². The van der Waals surface area contributed by atoms with E-state index >= 15 is 0 Å². The number of carbonyl (C=O) groups is 3. The number of halogens is 1. The van der Waals surface area contributed by atoms with Gasteiger partial charge in [0, 0.05) is 25.9 Å². The molecule has 8 heteroatoms. The maximum absolute atomic E-state index is 12.5. The first-order valence-corrected chi connectivity index (χ1v) is 8.59. The predicted octanol–water partition coefficient (Wildman–Crippen LogP) is 1.30. The quantitative estimate of drug-likeness (QED) is 0.739. The van der Waals surface area contributed by atoms with Crippen LogP contribution in [0, 0.1) is 0 Å². The molecule has 0 saturated carbocycles. The van der Waals surface area contributed by atoms with E-state index in [0.717, 1.165) is 4.90 Å². The monoisotopic (exact) mass is 364 g/mol. The van der Waals surface area contributed by atoms with Gasteiger partial charge in [-0.05, 0) is 12.1 Å². The summed E-state index contributed by atoms with van der Waals surface area (Å²) in [5, 5.41) is 0.223. The van der Waals surface area contributed by atoms with E-state index < -0.39 is 17.6 Å². The van der Waals surface area contributed by atoms with Crippen LogP contribution >= 0.6 is 11.6 Å². The Balaban J connectivity index is 1.43. The van der Waals surface area contributed by atoms with E-state index in [9.17, 15) is 14.4 Å². The zero-order chi connectivity index (χ0) is 17.6. The van der Waals surface area contributed by atoms with Crippen LogP contribution in [0.4, 0.5) is 0 Å². The molecule has 3 aliphatic rings. The van der Waals surface area contributed by atoms with Crippen LogP contribution in [0.15, 0.2) is 18.2 Å². The third kappa shape index (κ3) is 2.72. The Morgan fingerprint density at radius 2 is 1.80 bits per heavy atom. The third-order valence-electron chi connectivity index (χ3n) is 4.93. The fourth-order valence-electron chi connectivity index (χ4n) is 3.55. The average Bonchev–Trinajstić information content (AvgIpc) is 3.15. The number of carbonyl (C=O) groups excluding carboxylic acids is 3. The Morgan fingerprint density at radius 1 is 1.12 bits per heavy atom. The first-order chi connectivity index (χ1) is 12.0. The van der Waals surface area contributed by atoms with Gasteiger partial charge in [0.25, 0.3) is 11.8 Å². The smallest absolute Gasteiger partial charge is 0.263 e. The van der Waals surface area contributed by atoms with Crippen LogP contribution in [0.3, 0.4) is 0 Å². The molecular formula is C17H17ClN2O5. The van der Waals surface area contributed by atoms with Crippen molar-refractivity contribution in [2.24, 2.45) is 0 Å². The second-order valence-electron chi connectivity index (χ2n) is 6.35. The van der Waals surface area contributed by atoms with Crippen LogP contribution < -0.4 is 0 Å². The molecule has 7 nitrogen and oxygen atoms in total. The lowest BCUT2D eigenvalue weighted by Gasteiger charge is -2.37. The van der Waals surface area contributed by atoms with E-state index in [2.05, 4.69) is 0 Å². The topological polar surface area (TPSA) is 76.2 Å². The number of ether oxygens (including phenoxy) is 2. The van der Waals surface area contributed by atoms with Gasteiger partial charge in [-0.1, -0.05) is 17.7 Å². The third-order valence-corrected chi connectivity index (χ3v) is 5.25. The summed E-state index contributed by atoms with van der Waals surface area (Å²) >= 11 is 6.03. The number of nitrogens with zero attached hydrogens (tertiary/aromatic N) is 2. The molecular weight excluding hydrogens is 348 g/mol. The molecule has 2 fully saturated rings. The Hall–Kier alpha value is -1.96. The Kier molecular flexibility index (Phi) is 4.02. The van der Waals surface area contributed by atoms with Crippen molar-refractivity contribution in [3.8, 4) is 0 Å². The summed E-state index contributed by atoms with van der Waals surface area (Å²) in [5.41, 5.74) is 0.419. The number of amides is 3. The first kappa shape index (κ1) is 16.5. The molecule has 3 aliphatic heterocycles. The normalized spacial score (nSPS) is 22.0. The largest absolute Gasteiger partial charge is 0.347 e. The lowest BCUT2D eigenvalue weighted by atomic mass is 10.0. The number of benzene rings is 1. The number of hydrogen-bond donors (Lipinski definition) is 0. The van der Waals surface area contributed by atoms with Crippen LogP contribution in [-0.2, 0) is 14.3 Å². The number of likely N-dealkylation sites (tertiary alicyclic amines) is 1. The summed E-state index contributed by atoms with van der Waals surface area (Å²) in [6, 6.07) is 4.72. The van der Waals surface area contributed by atoms with Crippen LogP contribution in [-0.4, -0.2) is 66.2 Å². The number of rotatable bonds is 2. The summed E-state index contributed by atoms with van der Waals surface area (Å²) in [4.78, 5) is 40.0. The van der Waals surface area contributed by atoms with Gasteiger partial charge in [-0.15, -0.1) is 0 Å². The average molecular weight is 365 g/mol. The van der Waals surface area contributed by atoms with Crippen molar-refractivity contribution in [3.05, 3.63) is 34.3 Å². The standard InChI is InChI=1S/C17H17ClN2O5/c18-12-3-1-2-11-14(12)16(23)20(15(11)22)10-13(21)19-6-4-17(5-7-19)24-8-9-25-17/h1-3H,4-10H2. The minimum atomic E-state index is -0.570. The van der Waals surface area contributed by atoms with Gasteiger partial charge in [-0.25, -0.2) is 0 Å². The molecule has 1 aromatic carbocycles. The lowest BCUT2D eigenvalue weighted by molar-refractivity contribution is -0.187. The summed E-state index contributed by atoms with van der Waals surface area (Å²) in [6.07, 6.45) is 1.18.